The smallest absolute Gasteiger partial charge is 0.275 e. The Morgan fingerprint density at radius 3 is 2.39 bits per heavy atom. The molecule has 1 heterocycles. The number of hydrogen-bond acceptors (Lipinski definition) is 5. The van der Waals surface area contributed by atoms with Gasteiger partial charge in [-0.1, -0.05) is 35.9 Å². The zero-order valence-electron chi connectivity index (χ0n) is 19.0. The molecule has 0 aliphatic carbocycles. The van der Waals surface area contributed by atoms with Crippen LogP contribution in [0, 0.1) is 13.8 Å². The van der Waals surface area contributed by atoms with Gasteiger partial charge in [0, 0.05) is 22.7 Å². The standard InChI is InChI=1S/C26H25N3O4/c1-16-9-10-17(2)21(13-16)25-19-7-5-6-8-20(19)26(31)29(28-25)15-24(30)27-18-11-12-22(32-3)23(14-18)33-4/h5-14H,15H2,1-4H3,(H,27,30). The first-order chi connectivity index (χ1) is 15.9. The van der Waals surface area contributed by atoms with Crippen LogP contribution in [0.1, 0.15) is 11.1 Å². The SMILES string of the molecule is COc1ccc(NC(=O)Cn2nc(-c3cc(C)ccc3C)c3ccccc3c2=O)cc1OC. The number of rotatable bonds is 6. The van der Waals surface area contributed by atoms with Crippen LogP contribution in [0.5, 0.6) is 11.5 Å². The molecule has 3 aromatic carbocycles. The Kier molecular flexibility index (Phi) is 6.13. The van der Waals surface area contributed by atoms with Crippen LogP contribution in [0.3, 0.4) is 0 Å². The lowest BCUT2D eigenvalue weighted by Crippen LogP contribution is -2.30. The minimum Gasteiger partial charge on any atom is -0.493 e. The summed E-state index contributed by atoms with van der Waals surface area (Å²) < 4.78 is 11.7. The number of hydrogen-bond donors (Lipinski definition) is 1. The Hall–Kier alpha value is -4.13. The van der Waals surface area contributed by atoms with Gasteiger partial charge in [-0.05, 0) is 43.7 Å². The first-order valence-electron chi connectivity index (χ1n) is 10.5. The highest BCUT2D eigenvalue weighted by atomic mass is 16.5. The summed E-state index contributed by atoms with van der Waals surface area (Å²) in [4.78, 5) is 25.9. The van der Waals surface area contributed by atoms with E-state index in [0.29, 0.717) is 28.3 Å². The van der Waals surface area contributed by atoms with Crippen LogP contribution in [-0.4, -0.2) is 29.9 Å². The van der Waals surface area contributed by atoms with Gasteiger partial charge in [0.05, 0.1) is 25.3 Å². The number of amides is 1. The highest BCUT2D eigenvalue weighted by Crippen LogP contribution is 2.30. The molecule has 33 heavy (non-hydrogen) atoms. The van der Waals surface area contributed by atoms with Crippen molar-refractivity contribution in [3.63, 3.8) is 0 Å². The average Bonchev–Trinajstić information content (AvgIpc) is 2.82. The first-order valence-corrected chi connectivity index (χ1v) is 10.5. The molecule has 7 nitrogen and oxygen atoms in total. The second-order valence-corrected chi connectivity index (χ2v) is 7.79. The van der Waals surface area contributed by atoms with E-state index in [1.807, 2.05) is 50.2 Å². The van der Waals surface area contributed by atoms with Gasteiger partial charge in [0.1, 0.15) is 6.54 Å². The molecule has 0 atom stereocenters. The molecule has 7 heteroatoms. The van der Waals surface area contributed by atoms with Gasteiger partial charge in [-0.15, -0.1) is 0 Å². The summed E-state index contributed by atoms with van der Waals surface area (Å²) >= 11 is 0. The number of carbonyl (C=O) groups is 1. The maximum Gasteiger partial charge on any atom is 0.275 e. The highest BCUT2D eigenvalue weighted by Gasteiger charge is 2.16. The average molecular weight is 444 g/mol. The van der Waals surface area contributed by atoms with Gasteiger partial charge in [-0.2, -0.15) is 5.10 Å². The van der Waals surface area contributed by atoms with Crippen molar-refractivity contribution in [3.8, 4) is 22.8 Å². The third-order valence-electron chi connectivity index (χ3n) is 5.48. The molecule has 1 amide bonds. The fourth-order valence-corrected chi connectivity index (χ4v) is 3.78. The molecule has 0 radical (unpaired) electrons. The number of aryl methyl sites for hydroxylation is 2. The van der Waals surface area contributed by atoms with E-state index in [4.69, 9.17) is 9.47 Å². The van der Waals surface area contributed by atoms with Gasteiger partial charge in [0.15, 0.2) is 11.5 Å². The van der Waals surface area contributed by atoms with Crippen molar-refractivity contribution in [2.45, 2.75) is 20.4 Å². The van der Waals surface area contributed by atoms with E-state index in [2.05, 4.69) is 10.4 Å². The summed E-state index contributed by atoms with van der Waals surface area (Å²) in [5.74, 6) is 0.675. The number of carbonyl (C=O) groups excluding carboxylic acids is 1. The number of benzene rings is 3. The molecule has 4 aromatic rings. The van der Waals surface area contributed by atoms with Crippen molar-refractivity contribution in [2.75, 3.05) is 19.5 Å². The van der Waals surface area contributed by atoms with Gasteiger partial charge in [0.2, 0.25) is 5.91 Å². The zero-order chi connectivity index (χ0) is 23.5. The van der Waals surface area contributed by atoms with Gasteiger partial charge in [-0.3, -0.25) is 9.59 Å². The molecule has 0 saturated heterocycles. The summed E-state index contributed by atoms with van der Waals surface area (Å²) in [7, 11) is 3.07. The summed E-state index contributed by atoms with van der Waals surface area (Å²) in [6.07, 6.45) is 0. The number of ether oxygens (including phenoxy) is 2. The zero-order valence-corrected chi connectivity index (χ0v) is 19.0. The van der Waals surface area contributed by atoms with Crippen LogP contribution < -0.4 is 20.3 Å². The molecule has 0 saturated carbocycles. The van der Waals surface area contributed by atoms with Crippen LogP contribution in [0.2, 0.25) is 0 Å². The Bertz CT molecular complexity index is 1410. The molecule has 1 N–H and O–H groups in total. The normalized spacial score (nSPS) is 10.8. The largest absolute Gasteiger partial charge is 0.493 e. The first kappa shape index (κ1) is 22.1. The highest BCUT2D eigenvalue weighted by molar-refractivity contribution is 5.95. The number of nitrogens with one attached hydrogen (secondary N) is 1. The van der Waals surface area contributed by atoms with Gasteiger partial charge in [-0.25, -0.2) is 4.68 Å². The van der Waals surface area contributed by atoms with E-state index in [1.54, 1.807) is 31.4 Å². The fraction of sp³-hybridized carbons (Fsp3) is 0.192. The third-order valence-corrected chi connectivity index (χ3v) is 5.48. The number of nitrogens with zero attached hydrogens (tertiary/aromatic N) is 2. The molecule has 168 valence electrons. The quantitative estimate of drug-likeness (QED) is 0.479. The summed E-state index contributed by atoms with van der Waals surface area (Å²) in [6.45, 7) is 3.79. The van der Waals surface area contributed by atoms with Crippen LogP contribution in [0.4, 0.5) is 5.69 Å². The van der Waals surface area contributed by atoms with Crippen LogP contribution in [0.15, 0.2) is 65.5 Å². The molecule has 0 fully saturated rings. The molecule has 1 aromatic heterocycles. The maximum absolute atomic E-state index is 13.1. The van der Waals surface area contributed by atoms with Crippen LogP contribution in [0.25, 0.3) is 22.0 Å². The van der Waals surface area contributed by atoms with Crippen molar-refractivity contribution < 1.29 is 14.3 Å². The topological polar surface area (TPSA) is 82.5 Å². The van der Waals surface area contributed by atoms with E-state index in [-0.39, 0.29) is 18.0 Å². The number of aromatic nitrogens is 2. The molecule has 0 bridgehead atoms. The Morgan fingerprint density at radius 2 is 1.67 bits per heavy atom. The van der Waals surface area contributed by atoms with E-state index in [9.17, 15) is 9.59 Å². The molecule has 4 rings (SSSR count). The molecule has 0 aliphatic heterocycles. The van der Waals surface area contributed by atoms with Crippen molar-refractivity contribution in [1.82, 2.24) is 9.78 Å². The number of anilines is 1. The van der Waals surface area contributed by atoms with E-state index < -0.39 is 0 Å². The summed E-state index contributed by atoms with van der Waals surface area (Å²) in [6, 6.07) is 18.5. The molecule has 0 aliphatic rings. The summed E-state index contributed by atoms with van der Waals surface area (Å²) in [5.41, 5.74) is 3.94. The van der Waals surface area contributed by atoms with Crippen molar-refractivity contribution >= 4 is 22.4 Å². The molecular formula is C26H25N3O4. The summed E-state index contributed by atoms with van der Waals surface area (Å²) in [5, 5.41) is 8.68. The van der Waals surface area contributed by atoms with Gasteiger partial charge < -0.3 is 14.8 Å². The molecule has 0 spiro atoms. The van der Waals surface area contributed by atoms with Crippen molar-refractivity contribution in [3.05, 3.63) is 82.1 Å². The number of methoxy groups -OCH3 is 2. The Labute approximate surface area is 191 Å². The predicted molar refractivity (Wildman–Crippen MR) is 129 cm³/mol. The van der Waals surface area contributed by atoms with Crippen molar-refractivity contribution in [1.29, 1.82) is 0 Å². The van der Waals surface area contributed by atoms with Crippen molar-refractivity contribution in [2.24, 2.45) is 0 Å². The monoisotopic (exact) mass is 443 g/mol. The molecular weight excluding hydrogens is 418 g/mol. The van der Waals surface area contributed by atoms with Crippen LogP contribution in [-0.2, 0) is 11.3 Å². The predicted octanol–water partition coefficient (Wildman–Crippen LogP) is 4.34. The van der Waals surface area contributed by atoms with E-state index in [1.165, 1.54) is 11.8 Å². The second kappa shape index (κ2) is 9.16. The Morgan fingerprint density at radius 1 is 0.939 bits per heavy atom. The molecule has 0 unspecified atom stereocenters. The maximum atomic E-state index is 13.1. The van der Waals surface area contributed by atoms with Gasteiger partial charge in [0.25, 0.3) is 5.56 Å². The lowest BCUT2D eigenvalue weighted by molar-refractivity contribution is -0.117. The lowest BCUT2D eigenvalue weighted by Gasteiger charge is -2.14. The Balaban J connectivity index is 1.73. The van der Waals surface area contributed by atoms with Crippen LogP contribution >= 0.6 is 0 Å². The minimum absolute atomic E-state index is 0.226. The third kappa shape index (κ3) is 4.43. The van der Waals surface area contributed by atoms with E-state index >= 15 is 0 Å². The number of fused-ring (bicyclic) bond motifs is 1. The lowest BCUT2D eigenvalue weighted by atomic mass is 9.99. The second-order valence-electron chi connectivity index (χ2n) is 7.79. The minimum atomic E-state index is -0.376. The van der Waals surface area contributed by atoms with E-state index in [0.717, 1.165) is 22.1 Å². The fourth-order valence-electron chi connectivity index (χ4n) is 3.78. The van der Waals surface area contributed by atoms with Gasteiger partial charge >= 0.3 is 0 Å².